The number of para-hydroxylation sites is 4. The van der Waals surface area contributed by atoms with Crippen molar-refractivity contribution in [2.45, 2.75) is 67.9 Å². The second-order valence-electron chi connectivity index (χ2n) is 15.4. The van der Waals surface area contributed by atoms with Crippen molar-refractivity contribution < 1.29 is 25.8 Å². The van der Waals surface area contributed by atoms with Crippen molar-refractivity contribution in [2.24, 2.45) is 0 Å². The summed E-state index contributed by atoms with van der Waals surface area (Å²) in [5.74, 6) is 2.07. The third-order valence-electron chi connectivity index (χ3n) is 10.1. The maximum atomic E-state index is 6.66. The molecule has 5 nitrogen and oxygen atoms in total. The van der Waals surface area contributed by atoms with Crippen molar-refractivity contribution >= 4 is 33.8 Å². The molecule has 1 aromatic heterocycles. The molecule has 1 aliphatic heterocycles. The summed E-state index contributed by atoms with van der Waals surface area (Å²) < 4.78 is 8.99. The molecule has 1 aliphatic rings. The third-order valence-corrected chi connectivity index (χ3v) is 10.1. The summed E-state index contributed by atoms with van der Waals surface area (Å²) in [6.45, 7) is 21.9. The van der Waals surface area contributed by atoms with Crippen molar-refractivity contribution in [3.63, 3.8) is 0 Å². The molecule has 0 aliphatic carbocycles. The Kier molecular flexibility index (Phi) is 9.83. The van der Waals surface area contributed by atoms with Crippen LogP contribution in [0.25, 0.3) is 33.5 Å². The first-order valence-corrected chi connectivity index (χ1v) is 18.3. The Balaban J connectivity index is 0.00000450. The smallest absolute Gasteiger partial charge is 0.0770 e. The zero-order valence-corrected chi connectivity index (χ0v) is 34.7. The molecule has 54 heavy (non-hydrogen) atoms. The van der Waals surface area contributed by atoms with Gasteiger partial charge in [0.15, 0.2) is 0 Å². The summed E-state index contributed by atoms with van der Waals surface area (Å²) in [5.41, 5.74) is 16.7. The Hall–Kier alpha value is -5.12. The normalized spacial score (nSPS) is 12.6. The average molecular weight is 889 g/mol. The molecule has 6 aromatic carbocycles. The van der Waals surface area contributed by atoms with Gasteiger partial charge in [-0.15, -0.1) is 42.7 Å². The Labute approximate surface area is 334 Å². The molecule has 2 heterocycles. The summed E-state index contributed by atoms with van der Waals surface area (Å²) in [5, 5.41) is 0. The van der Waals surface area contributed by atoms with Gasteiger partial charge in [0.25, 0.3) is 0 Å². The predicted octanol–water partition coefficient (Wildman–Crippen LogP) is 12.8. The van der Waals surface area contributed by atoms with Crippen molar-refractivity contribution in [2.75, 3.05) is 9.80 Å². The first-order valence-electron chi connectivity index (χ1n) is 18.3. The number of hydrogen-bond acceptors (Lipinski definition) is 4. The van der Waals surface area contributed by atoms with E-state index in [1.807, 2.05) is 24.3 Å². The van der Waals surface area contributed by atoms with E-state index >= 15 is 0 Å². The van der Waals surface area contributed by atoms with Gasteiger partial charge in [-0.25, -0.2) is 0 Å². The van der Waals surface area contributed by atoms with Gasteiger partial charge >= 0.3 is 0 Å². The SMILES string of the molecule is Cc1cc(C)c(-c2ccc(Oc3[c-]c(N4[CH-]N(c5c(C)cc(C)cc5C)c5ccccc54)ccc3)[c-]c2-c2nc3ccccc3n2C(C)(C)C)c(C)c1.[Pt]. The van der Waals surface area contributed by atoms with Crippen LogP contribution >= 0.6 is 0 Å². The van der Waals surface area contributed by atoms with Crippen LogP contribution in [0.1, 0.15) is 54.2 Å². The zero-order valence-electron chi connectivity index (χ0n) is 32.4. The van der Waals surface area contributed by atoms with E-state index in [-0.39, 0.29) is 26.6 Å². The Morgan fingerprint density at radius 2 is 1.22 bits per heavy atom. The van der Waals surface area contributed by atoms with E-state index in [2.05, 4.69) is 174 Å². The number of aryl methyl sites for hydroxylation is 6. The van der Waals surface area contributed by atoms with E-state index in [9.17, 15) is 0 Å². The number of anilines is 4. The first kappa shape index (κ1) is 37.2. The maximum absolute atomic E-state index is 6.66. The fourth-order valence-corrected chi connectivity index (χ4v) is 8.19. The van der Waals surface area contributed by atoms with Gasteiger partial charge < -0.3 is 19.1 Å². The molecule has 0 unspecified atom stereocenters. The molecule has 0 N–H and O–H groups in total. The molecule has 0 spiro atoms. The van der Waals surface area contributed by atoms with E-state index in [0.29, 0.717) is 11.5 Å². The molecule has 7 aromatic rings. The largest absolute Gasteiger partial charge is 0.503 e. The molecule has 0 bridgehead atoms. The maximum Gasteiger partial charge on any atom is 0.0770 e. The van der Waals surface area contributed by atoms with Crippen LogP contribution in [0.4, 0.5) is 22.7 Å². The molecular weight excluding hydrogens is 844 g/mol. The number of fused-ring (bicyclic) bond motifs is 2. The molecule has 0 fully saturated rings. The number of ether oxygens (including phenoxy) is 1. The summed E-state index contributed by atoms with van der Waals surface area (Å²) in [4.78, 5) is 9.73. The minimum Gasteiger partial charge on any atom is -0.503 e. The molecular formula is C48H45N4OPt-3. The number of nitrogens with zero attached hydrogens (tertiary/aromatic N) is 4. The van der Waals surface area contributed by atoms with Crippen LogP contribution in [0.2, 0.25) is 0 Å². The van der Waals surface area contributed by atoms with E-state index in [4.69, 9.17) is 9.72 Å². The summed E-state index contributed by atoms with van der Waals surface area (Å²) in [6, 6.07) is 43.4. The van der Waals surface area contributed by atoms with Gasteiger partial charge in [0, 0.05) is 55.2 Å². The van der Waals surface area contributed by atoms with Crippen LogP contribution < -0.4 is 14.5 Å². The summed E-state index contributed by atoms with van der Waals surface area (Å²) in [7, 11) is 0. The van der Waals surface area contributed by atoms with Crippen LogP contribution in [0.3, 0.4) is 0 Å². The van der Waals surface area contributed by atoms with Crippen molar-refractivity contribution in [3.8, 4) is 34.0 Å². The van der Waals surface area contributed by atoms with Crippen molar-refractivity contribution in [1.29, 1.82) is 0 Å². The van der Waals surface area contributed by atoms with E-state index in [1.54, 1.807) is 0 Å². The summed E-state index contributed by atoms with van der Waals surface area (Å²) in [6.07, 6.45) is 0. The quantitative estimate of drug-likeness (QED) is 0.156. The van der Waals surface area contributed by atoms with Gasteiger partial charge in [-0.05, 0) is 97.7 Å². The molecule has 0 saturated heterocycles. The number of hydrogen-bond donors (Lipinski definition) is 0. The first-order chi connectivity index (χ1) is 25.4. The number of imidazole rings is 1. The second-order valence-corrected chi connectivity index (χ2v) is 15.4. The standard InChI is InChI=1S/C48H45N4O.Pt/c1-30-23-32(3)45(33(4)24-30)39-22-21-38(28-40(39)47-49-41-17-10-11-18-42(41)52(47)48(7,8)9)53-37-16-14-15-36(27-37)50-29-51(44-20-13-12-19-43(44)50)46-34(5)25-31(2)26-35(46)6;/h10-26,29H,1-9H3;/q-3;. The van der Waals surface area contributed by atoms with Crippen LogP contribution in [0.15, 0.2) is 103 Å². The van der Waals surface area contributed by atoms with E-state index < -0.39 is 0 Å². The molecule has 8 rings (SSSR count). The fourth-order valence-electron chi connectivity index (χ4n) is 8.19. The number of aromatic nitrogens is 2. The van der Waals surface area contributed by atoms with Gasteiger partial charge in [-0.1, -0.05) is 93.5 Å². The second kappa shape index (κ2) is 14.3. The molecule has 0 atom stereocenters. The van der Waals surface area contributed by atoms with Crippen molar-refractivity contribution in [3.05, 3.63) is 155 Å². The van der Waals surface area contributed by atoms with Gasteiger partial charge in [-0.2, -0.15) is 6.07 Å². The molecule has 0 amide bonds. The van der Waals surface area contributed by atoms with Crippen molar-refractivity contribution in [1.82, 2.24) is 9.55 Å². The fraction of sp³-hybridized carbons (Fsp3) is 0.208. The molecule has 276 valence electrons. The average Bonchev–Trinajstić information content (AvgIpc) is 3.68. The molecule has 6 heteroatoms. The van der Waals surface area contributed by atoms with Crippen LogP contribution in [0.5, 0.6) is 11.5 Å². The van der Waals surface area contributed by atoms with E-state index in [0.717, 1.165) is 45.0 Å². The number of benzene rings is 6. The van der Waals surface area contributed by atoms with Crippen LogP contribution in [0, 0.1) is 60.3 Å². The van der Waals surface area contributed by atoms with Gasteiger partial charge in [0.2, 0.25) is 0 Å². The number of rotatable bonds is 6. The Morgan fingerprint density at radius 1 is 0.630 bits per heavy atom. The Morgan fingerprint density at radius 3 is 1.89 bits per heavy atom. The van der Waals surface area contributed by atoms with Crippen LogP contribution in [-0.4, -0.2) is 9.55 Å². The predicted molar refractivity (Wildman–Crippen MR) is 220 cm³/mol. The zero-order chi connectivity index (χ0) is 37.2. The summed E-state index contributed by atoms with van der Waals surface area (Å²) >= 11 is 0. The Bertz CT molecular complexity index is 2500. The van der Waals surface area contributed by atoms with Crippen LogP contribution in [-0.2, 0) is 26.6 Å². The van der Waals surface area contributed by atoms with Gasteiger partial charge in [0.1, 0.15) is 0 Å². The topological polar surface area (TPSA) is 33.5 Å². The molecule has 0 radical (unpaired) electrons. The monoisotopic (exact) mass is 888 g/mol. The third kappa shape index (κ3) is 6.64. The molecule has 0 saturated carbocycles. The van der Waals surface area contributed by atoms with Gasteiger partial charge in [0.05, 0.1) is 16.9 Å². The van der Waals surface area contributed by atoms with Gasteiger partial charge in [-0.3, -0.25) is 4.98 Å². The minimum atomic E-state index is -0.237. The van der Waals surface area contributed by atoms with E-state index in [1.165, 1.54) is 44.6 Å². The minimum absolute atomic E-state index is 0.